The van der Waals surface area contributed by atoms with Crippen LogP contribution in [0.4, 0.5) is 0 Å². The summed E-state index contributed by atoms with van der Waals surface area (Å²) >= 11 is 1.53. The molecule has 0 saturated carbocycles. The van der Waals surface area contributed by atoms with Gasteiger partial charge in [-0.3, -0.25) is 9.69 Å². The Balaban J connectivity index is 1.63. The summed E-state index contributed by atoms with van der Waals surface area (Å²) in [5.41, 5.74) is 1.89. The minimum absolute atomic E-state index is 0.256. The quantitative estimate of drug-likeness (QED) is 0.788. The van der Waals surface area contributed by atoms with Crippen LogP contribution in [-0.4, -0.2) is 23.3 Å². The lowest BCUT2D eigenvalue weighted by Crippen LogP contribution is -2.30. The van der Waals surface area contributed by atoms with Gasteiger partial charge < -0.3 is 0 Å². The van der Waals surface area contributed by atoms with Crippen molar-refractivity contribution in [3.05, 3.63) is 57.8 Å². The number of carbonyl (C=O) groups is 1. The van der Waals surface area contributed by atoms with Crippen LogP contribution in [0.3, 0.4) is 0 Å². The van der Waals surface area contributed by atoms with Crippen molar-refractivity contribution in [3.8, 4) is 6.07 Å². The normalized spacial score (nSPS) is 18.2. The molecule has 3 rings (SSSR count). The van der Waals surface area contributed by atoms with Gasteiger partial charge in [-0.25, -0.2) is 0 Å². The van der Waals surface area contributed by atoms with Crippen LogP contribution >= 0.6 is 11.3 Å². The zero-order valence-electron chi connectivity index (χ0n) is 12.4. The highest BCUT2D eigenvalue weighted by Gasteiger charge is 2.27. The highest BCUT2D eigenvalue weighted by atomic mass is 32.1. The maximum Gasteiger partial charge on any atom is 0.174 e. The number of likely N-dealkylation sites (tertiary alicyclic amines) is 1. The fourth-order valence-corrected chi connectivity index (χ4v) is 3.68. The number of Topliss-reactive ketones (excluding diaryl/α,β-unsaturated/α-hetero) is 1. The van der Waals surface area contributed by atoms with E-state index in [0.717, 1.165) is 30.8 Å². The molecule has 0 unspecified atom stereocenters. The summed E-state index contributed by atoms with van der Waals surface area (Å²) in [4.78, 5) is 15.6. The van der Waals surface area contributed by atoms with E-state index < -0.39 is 0 Å². The number of nitrogens with zero attached hydrogens (tertiary/aromatic N) is 2. The molecule has 1 saturated heterocycles. The Kier molecular flexibility index (Phi) is 4.67. The molecular weight excluding hydrogens is 292 g/mol. The Morgan fingerprint density at radius 1 is 1.32 bits per heavy atom. The average Bonchev–Trinajstić information content (AvgIpc) is 3.20. The largest absolute Gasteiger partial charge is 0.296 e. The van der Waals surface area contributed by atoms with Gasteiger partial charge in [0.15, 0.2) is 5.78 Å². The molecular formula is C18H18N2OS. The van der Waals surface area contributed by atoms with Crippen molar-refractivity contribution in [1.82, 2.24) is 4.90 Å². The van der Waals surface area contributed by atoms with Crippen LogP contribution in [0, 0.1) is 11.3 Å². The smallest absolute Gasteiger partial charge is 0.174 e. The lowest BCUT2D eigenvalue weighted by Gasteiger charge is -2.24. The molecule has 2 aromatic rings. The van der Waals surface area contributed by atoms with Crippen molar-refractivity contribution in [2.45, 2.75) is 31.8 Å². The molecule has 22 heavy (non-hydrogen) atoms. The second-order valence-corrected chi connectivity index (χ2v) is 6.63. The monoisotopic (exact) mass is 310 g/mol. The maximum absolute atomic E-state index is 12.3. The van der Waals surface area contributed by atoms with Crippen LogP contribution in [0.25, 0.3) is 0 Å². The topological polar surface area (TPSA) is 44.1 Å². The third kappa shape index (κ3) is 3.44. The number of nitriles is 1. The van der Waals surface area contributed by atoms with Crippen molar-refractivity contribution in [3.63, 3.8) is 0 Å². The predicted octanol–water partition coefficient (Wildman–Crippen LogP) is 3.86. The summed E-state index contributed by atoms with van der Waals surface area (Å²) in [5.74, 6) is 0.256. The van der Waals surface area contributed by atoms with Crippen LogP contribution in [0.15, 0.2) is 41.8 Å². The zero-order valence-corrected chi connectivity index (χ0v) is 13.2. The molecule has 1 fully saturated rings. The summed E-state index contributed by atoms with van der Waals surface area (Å²) < 4.78 is 0. The standard InChI is InChI=1S/C18H18N2OS/c19-12-14-5-7-15(8-6-14)13-20-9-1-3-16(20)11-17(21)18-4-2-10-22-18/h2,4-8,10,16H,1,3,9,11,13H2/t16-/m1/s1. The summed E-state index contributed by atoms with van der Waals surface area (Å²) in [5, 5.41) is 10.8. The van der Waals surface area contributed by atoms with Crippen molar-refractivity contribution in [2.75, 3.05) is 6.54 Å². The Bertz CT molecular complexity index is 670. The third-order valence-corrected chi connectivity index (χ3v) is 5.10. The van der Waals surface area contributed by atoms with E-state index in [1.807, 2.05) is 41.8 Å². The third-order valence-electron chi connectivity index (χ3n) is 4.18. The molecule has 0 N–H and O–H groups in total. The van der Waals surface area contributed by atoms with E-state index in [1.54, 1.807) is 0 Å². The van der Waals surface area contributed by atoms with Crippen molar-refractivity contribution in [1.29, 1.82) is 5.26 Å². The number of thiophene rings is 1. The SMILES string of the molecule is N#Cc1ccc(CN2CCC[C@@H]2CC(=O)c2cccs2)cc1. The van der Waals surface area contributed by atoms with E-state index in [9.17, 15) is 4.79 Å². The van der Waals surface area contributed by atoms with Crippen molar-refractivity contribution >= 4 is 17.1 Å². The second-order valence-electron chi connectivity index (χ2n) is 5.68. The minimum atomic E-state index is 0.256. The van der Waals surface area contributed by atoms with Gasteiger partial charge >= 0.3 is 0 Å². The molecule has 2 heterocycles. The summed E-state index contributed by atoms with van der Waals surface area (Å²) in [6.07, 6.45) is 2.85. The van der Waals surface area contributed by atoms with E-state index in [-0.39, 0.29) is 5.78 Å². The van der Waals surface area contributed by atoms with Crippen LogP contribution in [0.2, 0.25) is 0 Å². The van der Waals surface area contributed by atoms with E-state index in [2.05, 4.69) is 11.0 Å². The van der Waals surface area contributed by atoms with Crippen molar-refractivity contribution < 1.29 is 4.79 Å². The number of hydrogen-bond donors (Lipinski definition) is 0. The number of hydrogen-bond acceptors (Lipinski definition) is 4. The van der Waals surface area contributed by atoms with Gasteiger partial charge in [0.25, 0.3) is 0 Å². The fourth-order valence-electron chi connectivity index (χ4n) is 3.01. The molecule has 3 nitrogen and oxygen atoms in total. The fraction of sp³-hybridized carbons (Fsp3) is 0.333. The molecule has 1 aliphatic heterocycles. The molecule has 1 aliphatic rings. The average molecular weight is 310 g/mol. The van der Waals surface area contributed by atoms with Crippen LogP contribution in [-0.2, 0) is 6.54 Å². The van der Waals surface area contributed by atoms with E-state index in [4.69, 9.17) is 5.26 Å². The Hall–Kier alpha value is -1.96. The van der Waals surface area contributed by atoms with Gasteiger partial charge in [-0.1, -0.05) is 18.2 Å². The lowest BCUT2D eigenvalue weighted by molar-refractivity contribution is 0.0942. The van der Waals surface area contributed by atoms with Gasteiger partial charge in [0.1, 0.15) is 0 Å². The summed E-state index contributed by atoms with van der Waals surface area (Å²) in [6, 6.07) is 14.1. The van der Waals surface area contributed by atoms with Crippen molar-refractivity contribution in [2.24, 2.45) is 0 Å². The molecule has 1 aromatic heterocycles. The van der Waals surface area contributed by atoms with Gasteiger partial charge in [0, 0.05) is 19.0 Å². The molecule has 1 aromatic carbocycles. The first-order chi connectivity index (χ1) is 10.8. The predicted molar refractivity (Wildman–Crippen MR) is 87.9 cm³/mol. The van der Waals surface area contributed by atoms with Crippen LogP contribution in [0.1, 0.15) is 40.1 Å². The summed E-state index contributed by atoms with van der Waals surface area (Å²) in [6.45, 7) is 1.90. The van der Waals surface area contributed by atoms with Gasteiger partial charge in [0.05, 0.1) is 16.5 Å². The number of rotatable bonds is 5. The van der Waals surface area contributed by atoms with Crippen LogP contribution < -0.4 is 0 Å². The first kappa shape index (κ1) is 15.0. The van der Waals surface area contributed by atoms with Gasteiger partial charge in [-0.05, 0) is 48.5 Å². The van der Waals surface area contributed by atoms with E-state index in [0.29, 0.717) is 18.0 Å². The van der Waals surface area contributed by atoms with E-state index in [1.165, 1.54) is 16.9 Å². The molecule has 0 radical (unpaired) electrons. The lowest BCUT2D eigenvalue weighted by atomic mass is 10.1. The molecule has 112 valence electrons. The molecule has 4 heteroatoms. The molecule has 0 amide bonds. The number of benzene rings is 1. The molecule has 1 atom stereocenters. The Labute approximate surface area is 134 Å². The number of carbonyl (C=O) groups excluding carboxylic acids is 1. The Morgan fingerprint density at radius 2 is 2.14 bits per heavy atom. The van der Waals surface area contributed by atoms with E-state index >= 15 is 0 Å². The highest BCUT2D eigenvalue weighted by Crippen LogP contribution is 2.25. The zero-order chi connectivity index (χ0) is 15.4. The Morgan fingerprint density at radius 3 is 2.82 bits per heavy atom. The maximum atomic E-state index is 12.3. The molecule has 0 bridgehead atoms. The first-order valence-corrected chi connectivity index (χ1v) is 8.44. The van der Waals surface area contributed by atoms with Gasteiger partial charge in [-0.2, -0.15) is 5.26 Å². The molecule has 0 spiro atoms. The van der Waals surface area contributed by atoms with Crippen LogP contribution in [0.5, 0.6) is 0 Å². The minimum Gasteiger partial charge on any atom is -0.296 e. The summed E-state index contributed by atoms with van der Waals surface area (Å²) in [7, 11) is 0. The highest BCUT2D eigenvalue weighted by molar-refractivity contribution is 7.12. The van der Waals surface area contributed by atoms with Gasteiger partial charge in [-0.15, -0.1) is 11.3 Å². The molecule has 0 aliphatic carbocycles. The second kappa shape index (κ2) is 6.87. The van der Waals surface area contributed by atoms with Gasteiger partial charge in [0.2, 0.25) is 0 Å². The first-order valence-electron chi connectivity index (χ1n) is 7.56. The number of ketones is 1.